The number of hydrogen-bond acceptors (Lipinski definition) is 4. The SMILES string of the molecule is CC(C)[C@@H](NC(=O)c1ccc2c(c1)CN(C1CCC(=O)NC1=O)C2=O)C(F)(F)F. The molecule has 2 atom stereocenters. The number of carbonyl (C=O) groups is 4. The molecule has 0 aromatic heterocycles. The quantitative estimate of drug-likeness (QED) is 0.739. The van der Waals surface area contributed by atoms with E-state index >= 15 is 0 Å². The molecule has 4 amide bonds. The number of amides is 4. The summed E-state index contributed by atoms with van der Waals surface area (Å²) in [4.78, 5) is 49.6. The van der Waals surface area contributed by atoms with Crippen LogP contribution in [0.2, 0.25) is 0 Å². The average Bonchev–Trinajstić information content (AvgIpc) is 2.94. The number of rotatable bonds is 4. The van der Waals surface area contributed by atoms with Gasteiger partial charge in [-0.2, -0.15) is 13.2 Å². The van der Waals surface area contributed by atoms with Gasteiger partial charge in [0.2, 0.25) is 11.8 Å². The van der Waals surface area contributed by atoms with Gasteiger partial charge in [-0.15, -0.1) is 0 Å². The minimum absolute atomic E-state index is 0.00317. The second-order valence-electron chi connectivity index (χ2n) is 7.51. The van der Waals surface area contributed by atoms with Crippen LogP contribution >= 0.6 is 0 Å². The zero-order valence-electron chi connectivity index (χ0n) is 15.8. The number of fused-ring (bicyclic) bond motifs is 1. The van der Waals surface area contributed by atoms with Gasteiger partial charge in [-0.3, -0.25) is 24.5 Å². The Hall–Kier alpha value is -2.91. The van der Waals surface area contributed by atoms with Gasteiger partial charge in [0.15, 0.2) is 0 Å². The number of imide groups is 1. The summed E-state index contributed by atoms with van der Waals surface area (Å²) in [6.45, 7) is 2.75. The lowest BCUT2D eigenvalue weighted by Gasteiger charge is -2.29. The van der Waals surface area contributed by atoms with E-state index in [-0.39, 0.29) is 30.5 Å². The third kappa shape index (κ3) is 4.10. The molecule has 0 saturated carbocycles. The highest BCUT2D eigenvalue weighted by Gasteiger charge is 2.43. The summed E-state index contributed by atoms with van der Waals surface area (Å²) in [6, 6.07) is 1.22. The number of nitrogens with one attached hydrogen (secondary N) is 2. The highest BCUT2D eigenvalue weighted by atomic mass is 19.4. The minimum Gasteiger partial charge on any atom is -0.340 e. The monoisotopic (exact) mass is 411 g/mol. The number of halogens is 3. The Morgan fingerprint density at radius 3 is 2.52 bits per heavy atom. The van der Waals surface area contributed by atoms with E-state index in [4.69, 9.17) is 0 Å². The zero-order valence-corrected chi connectivity index (χ0v) is 15.8. The summed E-state index contributed by atoms with van der Waals surface area (Å²) in [6.07, 6.45) is -4.28. The van der Waals surface area contributed by atoms with Crippen LogP contribution in [-0.2, 0) is 16.1 Å². The van der Waals surface area contributed by atoms with Crippen LogP contribution in [0.25, 0.3) is 0 Å². The van der Waals surface area contributed by atoms with Crippen molar-refractivity contribution in [2.45, 2.75) is 51.5 Å². The Kier molecular flexibility index (Phi) is 5.38. The van der Waals surface area contributed by atoms with E-state index in [0.29, 0.717) is 5.56 Å². The Morgan fingerprint density at radius 1 is 1.24 bits per heavy atom. The van der Waals surface area contributed by atoms with Gasteiger partial charge in [0.25, 0.3) is 11.8 Å². The Labute approximate surface area is 164 Å². The van der Waals surface area contributed by atoms with Crippen molar-refractivity contribution in [1.29, 1.82) is 0 Å². The van der Waals surface area contributed by atoms with Crippen LogP contribution in [0.1, 0.15) is 53.0 Å². The summed E-state index contributed by atoms with van der Waals surface area (Å²) in [7, 11) is 0. The van der Waals surface area contributed by atoms with Gasteiger partial charge >= 0.3 is 6.18 Å². The number of nitrogens with zero attached hydrogens (tertiary/aromatic N) is 1. The zero-order chi connectivity index (χ0) is 21.5. The van der Waals surface area contributed by atoms with E-state index in [0.717, 1.165) is 0 Å². The van der Waals surface area contributed by atoms with Crippen LogP contribution in [-0.4, -0.2) is 46.8 Å². The summed E-state index contributed by atoms with van der Waals surface area (Å²) < 4.78 is 39.3. The van der Waals surface area contributed by atoms with E-state index in [1.807, 2.05) is 5.32 Å². The van der Waals surface area contributed by atoms with Gasteiger partial charge in [-0.1, -0.05) is 13.8 Å². The first-order valence-electron chi connectivity index (χ1n) is 9.14. The first kappa shape index (κ1) is 20.8. The van der Waals surface area contributed by atoms with Crippen molar-refractivity contribution < 1.29 is 32.3 Å². The molecule has 1 aromatic carbocycles. The fourth-order valence-corrected chi connectivity index (χ4v) is 3.57. The molecule has 10 heteroatoms. The fraction of sp³-hybridized carbons (Fsp3) is 0.474. The Morgan fingerprint density at radius 2 is 1.93 bits per heavy atom. The van der Waals surface area contributed by atoms with Crippen molar-refractivity contribution >= 4 is 23.6 Å². The molecule has 1 unspecified atom stereocenters. The molecule has 1 aromatic rings. The molecule has 7 nitrogen and oxygen atoms in total. The van der Waals surface area contributed by atoms with E-state index < -0.39 is 47.8 Å². The molecule has 0 bridgehead atoms. The molecular formula is C19H20F3N3O4. The highest BCUT2D eigenvalue weighted by molar-refractivity contribution is 6.06. The van der Waals surface area contributed by atoms with E-state index in [1.165, 1.54) is 36.9 Å². The predicted octanol–water partition coefficient (Wildman–Crippen LogP) is 1.76. The van der Waals surface area contributed by atoms with Crippen LogP contribution < -0.4 is 10.6 Å². The van der Waals surface area contributed by atoms with Gasteiger partial charge in [0.1, 0.15) is 12.1 Å². The van der Waals surface area contributed by atoms with Crippen molar-refractivity contribution in [3.8, 4) is 0 Å². The lowest BCUT2D eigenvalue weighted by molar-refractivity contribution is -0.162. The number of alkyl halides is 3. The molecule has 29 heavy (non-hydrogen) atoms. The van der Waals surface area contributed by atoms with Crippen LogP contribution in [0.3, 0.4) is 0 Å². The van der Waals surface area contributed by atoms with E-state index in [9.17, 15) is 32.3 Å². The molecule has 2 heterocycles. The number of benzene rings is 1. The second-order valence-corrected chi connectivity index (χ2v) is 7.51. The Bertz CT molecular complexity index is 882. The lowest BCUT2D eigenvalue weighted by Crippen LogP contribution is -2.52. The van der Waals surface area contributed by atoms with Crippen LogP contribution in [0.15, 0.2) is 18.2 Å². The molecule has 0 aliphatic carbocycles. The van der Waals surface area contributed by atoms with Crippen molar-refractivity contribution in [2.75, 3.05) is 0 Å². The van der Waals surface area contributed by atoms with Crippen LogP contribution in [0.5, 0.6) is 0 Å². The molecule has 2 aliphatic rings. The summed E-state index contributed by atoms with van der Waals surface area (Å²) in [5.74, 6) is -3.13. The Balaban J connectivity index is 1.78. The van der Waals surface area contributed by atoms with Crippen LogP contribution in [0, 0.1) is 5.92 Å². The summed E-state index contributed by atoms with van der Waals surface area (Å²) >= 11 is 0. The van der Waals surface area contributed by atoms with Gasteiger partial charge in [-0.05, 0) is 36.1 Å². The summed E-state index contributed by atoms with van der Waals surface area (Å²) in [5.41, 5.74) is 0.722. The first-order chi connectivity index (χ1) is 13.5. The molecule has 0 spiro atoms. The van der Waals surface area contributed by atoms with Crippen molar-refractivity contribution in [2.24, 2.45) is 5.92 Å². The maximum absolute atomic E-state index is 13.1. The van der Waals surface area contributed by atoms with Gasteiger partial charge in [0.05, 0.1) is 0 Å². The normalized spacial score (nSPS) is 20.6. The molecule has 1 fully saturated rings. The number of piperidine rings is 1. The highest BCUT2D eigenvalue weighted by Crippen LogP contribution is 2.29. The minimum atomic E-state index is -4.58. The molecule has 2 N–H and O–H groups in total. The maximum atomic E-state index is 13.1. The average molecular weight is 411 g/mol. The van der Waals surface area contributed by atoms with E-state index in [1.54, 1.807) is 0 Å². The maximum Gasteiger partial charge on any atom is 0.408 e. The van der Waals surface area contributed by atoms with Crippen molar-refractivity contribution in [3.63, 3.8) is 0 Å². The van der Waals surface area contributed by atoms with Gasteiger partial charge in [0, 0.05) is 24.1 Å². The lowest BCUT2D eigenvalue weighted by atomic mass is 10.0. The second kappa shape index (κ2) is 7.49. The number of carbonyl (C=O) groups excluding carboxylic acids is 4. The van der Waals surface area contributed by atoms with Crippen LogP contribution in [0.4, 0.5) is 13.2 Å². The molecule has 2 aliphatic heterocycles. The molecular weight excluding hydrogens is 391 g/mol. The van der Waals surface area contributed by atoms with E-state index in [2.05, 4.69) is 5.32 Å². The number of hydrogen-bond donors (Lipinski definition) is 2. The largest absolute Gasteiger partial charge is 0.408 e. The van der Waals surface area contributed by atoms with Gasteiger partial charge in [-0.25, -0.2) is 0 Å². The first-order valence-corrected chi connectivity index (χ1v) is 9.14. The molecule has 0 radical (unpaired) electrons. The van der Waals surface area contributed by atoms with Crippen molar-refractivity contribution in [1.82, 2.24) is 15.5 Å². The predicted molar refractivity (Wildman–Crippen MR) is 94.6 cm³/mol. The topological polar surface area (TPSA) is 95.6 Å². The summed E-state index contributed by atoms with van der Waals surface area (Å²) in [5, 5.41) is 4.18. The third-order valence-corrected chi connectivity index (χ3v) is 5.09. The fourth-order valence-electron chi connectivity index (χ4n) is 3.57. The van der Waals surface area contributed by atoms with Gasteiger partial charge < -0.3 is 10.2 Å². The smallest absolute Gasteiger partial charge is 0.340 e. The molecule has 3 rings (SSSR count). The molecule has 1 saturated heterocycles. The standard InChI is InChI=1S/C19H20F3N3O4/c1-9(2)15(19(20,21)22)24-16(27)10-3-4-12-11(7-10)8-25(18(12)29)13-5-6-14(26)23-17(13)28/h3-4,7,9,13,15H,5-6,8H2,1-2H3,(H,24,27)(H,23,26,28)/t13?,15-/m1/s1. The van der Waals surface area contributed by atoms with Crippen molar-refractivity contribution in [3.05, 3.63) is 34.9 Å². The molecule has 156 valence electrons. The third-order valence-electron chi connectivity index (χ3n) is 5.09.